The second-order valence-corrected chi connectivity index (χ2v) is 19.3. The molecule has 11 nitrogen and oxygen atoms in total. The van der Waals surface area contributed by atoms with Crippen molar-refractivity contribution in [1.29, 1.82) is 0 Å². The highest BCUT2D eigenvalue weighted by atomic mass is 35.5. The molecule has 228 valence electrons. The normalized spacial score (nSPS) is 22.4. The number of piperidine rings is 1. The minimum Gasteiger partial charge on any atom is -0.465 e. The van der Waals surface area contributed by atoms with Gasteiger partial charge in [0, 0.05) is 61.7 Å². The molecule has 4 aromatic rings. The first-order valence-electron chi connectivity index (χ1n) is 15.1. The van der Waals surface area contributed by atoms with Gasteiger partial charge in [0.1, 0.15) is 18.1 Å². The first-order valence-corrected chi connectivity index (χ1v) is 19.2. The number of anilines is 1. The largest absolute Gasteiger partial charge is 0.465 e. The molecule has 3 aliphatic rings. The second kappa shape index (κ2) is 11.1. The molecule has 0 spiro atoms. The molecule has 0 radical (unpaired) electrons. The number of carbonyl (C=O) groups is 1. The van der Waals surface area contributed by atoms with E-state index in [1.54, 1.807) is 0 Å². The number of halogens is 1. The number of nitrogens with one attached hydrogen (secondary N) is 1. The summed E-state index contributed by atoms with van der Waals surface area (Å²) in [6.45, 7) is 9.43. The van der Waals surface area contributed by atoms with Crippen molar-refractivity contribution in [3.63, 3.8) is 0 Å². The van der Waals surface area contributed by atoms with Crippen LogP contribution in [0.3, 0.4) is 0 Å². The Labute approximate surface area is 256 Å². The number of carboxylic acid groups (broad SMARTS) is 1. The molecule has 3 saturated heterocycles. The van der Waals surface area contributed by atoms with E-state index in [0.29, 0.717) is 31.6 Å². The van der Waals surface area contributed by atoms with Gasteiger partial charge in [0.15, 0.2) is 5.65 Å². The predicted molar refractivity (Wildman–Crippen MR) is 169 cm³/mol. The Kier molecular flexibility index (Phi) is 7.35. The molecule has 43 heavy (non-hydrogen) atoms. The number of nitrogens with zero attached hydrogens (tertiary/aromatic N) is 6. The number of aromatic nitrogens is 5. The van der Waals surface area contributed by atoms with Crippen LogP contribution >= 0.6 is 11.6 Å². The van der Waals surface area contributed by atoms with Crippen LogP contribution in [0.25, 0.3) is 33.2 Å². The van der Waals surface area contributed by atoms with E-state index in [-0.39, 0.29) is 24.2 Å². The van der Waals surface area contributed by atoms with Crippen molar-refractivity contribution in [2.24, 2.45) is 0 Å². The van der Waals surface area contributed by atoms with Crippen LogP contribution in [0.15, 0.2) is 30.7 Å². The number of rotatable bonds is 9. The van der Waals surface area contributed by atoms with E-state index >= 15 is 0 Å². The van der Waals surface area contributed by atoms with Crippen molar-refractivity contribution >= 4 is 53.7 Å². The van der Waals surface area contributed by atoms with Crippen LogP contribution in [0.4, 0.5) is 10.6 Å². The molecule has 2 N–H and O–H groups in total. The topological polar surface area (TPSA) is 120 Å². The van der Waals surface area contributed by atoms with E-state index in [0.717, 1.165) is 70.7 Å². The molecule has 1 amide bonds. The van der Waals surface area contributed by atoms with Gasteiger partial charge in [-0.05, 0) is 37.8 Å². The minimum atomic E-state index is -1.23. The van der Waals surface area contributed by atoms with Gasteiger partial charge >= 0.3 is 6.09 Å². The highest BCUT2D eigenvalue weighted by molar-refractivity contribution is 6.76. The number of hydrogen-bond donors (Lipinski definition) is 2. The molecule has 3 aliphatic heterocycles. The van der Waals surface area contributed by atoms with Crippen LogP contribution in [0, 0.1) is 0 Å². The number of fused-ring (bicyclic) bond motifs is 4. The van der Waals surface area contributed by atoms with E-state index < -0.39 is 14.2 Å². The van der Waals surface area contributed by atoms with Crippen molar-refractivity contribution in [2.45, 2.75) is 82.3 Å². The fraction of sp³-hybridized carbons (Fsp3) is 0.533. The van der Waals surface area contributed by atoms with E-state index in [2.05, 4.69) is 36.1 Å². The molecule has 1 aromatic carbocycles. The maximum atomic E-state index is 11.3. The molecule has 13 heteroatoms. The summed E-state index contributed by atoms with van der Waals surface area (Å²) < 4.78 is 15.5. The van der Waals surface area contributed by atoms with Gasteiger partial charge in [-0.3, -0.25) is 4.68 Å². The predicted octanol–water partition coefficient (Wildman–Crippen LogP) is 5.75. The van der Waals surface area contributed by atoms with Gasteiger partial charge in [-0.1, -0.05) is 37.3 Å². The summed E-state index contributed by atoms with van der Waals surface area (Å²) in [5, 5.41) is 18.2. The van der Waals surface area contributed by atoms with Gasteiger partial charge in [-0.15, -0.1) is 0 Å². The molecule has 0 aliphatic carbocycles. The Morgan fingerprint density at radius 1 is 1.14 bits per heavy atom. The fourth-order valence-corrected chi connectivity index (χ4v) is 7.76. The second-order valence-electron chi connectivity index (χ2n) is 13.3. The molecule has 6 heterocycles. The van der Waals surface area contributed by atoms with Crippen molar-refractivity contribution in [1.82, 2.24) is 29.6 Å². The maximum absolute atomic E-state index is 11.3. The Balaban J connectivity index is 1.24. The molecule has 0 saturated carbocycles. The Hall–Kier alpha value is -3.19. The van der Waals surface area contributed by atoms with Gasteiger partial charge in [0.05, 0.1) is 36.0 Å². The first kappa shape index (κ1) is 28.6. The summed E-state index contributed by atoms with van der Waals surface area (Å²) in [7, 11) is -1.23. The summed E-state index contributed by atoms with van der Waals surface area (Å²) in [5.74, 6) is 0.826. The lowest BCUT2D eigenvalue weighted by molar-refractivity contribution is -0.0283. The first-order chi connectivity index (χ1) is 20.6. The van der Waals surface area contributed by atoms with E-state index in [9.17, 15) is 9.90 Å². The highest BCUT2D eigenvalue weighted by Gasteiger charge is 2.42. The summed E-state index contributed by atoms with van der Waals surface area (Å²) in [6.07, 6.45) is 8.54. The molecule has 3 fully saturated rings. The molecular formula is C30H38ClN7O4Si. The molecule has 2 bridgehead atoms. The third-order valence-corrected chi connectivity index (χ3v) is 11.1. The highest BCUT2D eigenvalue weighted by Crippen LogP contribution is 2.41. The molecule has 3 aromatic heterocycles. The van der Waals surface area contributed by atoms with Gasteiger partial charge in [0.25, 0.3) is 0 Å². The van der Waals surface area contributed by atoms with Crippen molar-refractivity contribution < 1.29 is 19.4 Å². The number of benzene rings is 1. The Morgan fingerprint density at radius 2 is 1.91 bits per heavy atom. The van der Waals surface area contributed by atoms with Crippen LogP contribution in [0.5, 0.6) is 0 Å². The van der Waals surface area contributed by atoms with E-state index in [1.807, 2.05) is 33.8 Å². The smallest absolute Gasteiger partial charge is 0.404 e. The standard InChI is InChI=1S/C30H38ClN7O4Si/c1-43(2,3)9-8-41-17-36-13-23(22-6-7-25-24(27(22)31)14-37(35-25)21-15-42-16-21)28-29(36)34-26(12-32-28)38-19-4-5-20(38)11-18(10-19)33-30(39)40/h6-7,12-14,18-21,33H,4-5,8-11,15-17H2,1-3H3,(H,39,40)/t18?,19-,20+. The zero-order valence-electron chi connectivity index (χ0n) is 24.8. The molecule has 3 atom stereocenters. The number of ether oxygens (including phenoxy) is 2. The summed E-state index contributed by atoms with van der Waals surface area (Å²) in [5.41, 5.74) is 4.16. The monoisotopic (exact) mass is 623 g/mol. The summed E-state index contributed by atoms with van der Waals surface area (Å²) in [6, 6.07) is 5.77. The lowest BCUT2D eigenvalue weighted by atomic mass is 9.97. The van der Waals surface area contributed by atoms with E-state index in [4.69, 9.17) is 36.1 Å². The van der Waals surface area contributed by atoms with Gasteiger partial charge in [0.2, 0.25) is 0 Å². The fourth-order valence-electron chi connectivity index (χ4n) is 6.69. The third-order valence-electron chi connectivity index (χ3n) is 9.03. The average Bonchev–Trinajstić information content (AvgIpc) is 3.57. The van der Waals surface area contributed by atoms with Crippen molar-refractivity contribution in [2.75, 3.05) is 24.7 Å². The average molecular weight is 624 g/mol. The zero-order valence-corrected chi connectivity index (χ0v) is 26.5. The zero-order chi connectivity index (χ0) is 29.9. The number of amides is 1. The summed E-state index contributed by atoms with van der Waals surface area (Å²) in [4.78, 5) is 23.8. The molecule has 7 rings (SSSR count). The lowest BCUT2D eigenvalue weighted by Crippen LogP contribution is -2.50. The number of hydrogen-bond acceptors (Lipinski definition) is 7. The van der Waals surface area contributed by atoms with E-state index in [1.165, 1.54) is 0 Å². The molecule has 1 unspecified atom stereocenters. The van der Waals surface area contributed by atoms with Gasteiger partial charge in [-0.2, -0.15) is 5.10 Å². The quantitative estimate of drug-likeness (QED) is 0.179. The lowest BCUT2D eigenvalue weighted by Gasteiger charge is -2.39. The SMILES string of the molecule is C[Si](C)(C)CCOCn1cc(-c2ccc3nn(C4COC4)cc3c2Cl)c2ncc(N3[C@@H]4CC[C@H]3CC(NC(=O)O)C4)nc21. The third kappa shape index (κ3) is 5.50. The van der Waals surface area contributed by atoms with Gasteiger partial charge in [-0.25, -0.2) is 14.8 Å². The van der Waals surface area contributed by atoms with Crippen LogP contribution < -0.4 is 10.2 Å². The maximum Gasteiger partial charge on any atom is 0.404 e. The van der Waals surface area contributed by atoms with Crippen molar-refractivity contribution in [3.05, 3.63) is 35.7 Å². The van der Waals surface area contributed by atoms with Gasteiger partial charge < -0.3 is 29.4 Å². The van der Waals surface area contributed by atoms with Crippen LogP contribution in [-0.2, 0) is 16.2 Å². The molecular weight excluding hydrogens is 586 g/mol. The van der Waals surface area contributed by atoms with Crippen LogP contribution in [0.1, 0.15) is 31.7 Å². The summed E-state index contributed by atoms with van der Waals surface area (Å²) >= 11 is 7.07. The van der Waals surface area contributed by atoms with Crippen LogP contribution in [0.2, 0.25) is 30.7 Å². The Morgan fingerprint density at radius 3 is 2.58 bits per heavy atom. The van der Waals surface area contributed by atoms with Crippen molar-refractivity contribution in [3.8, 4) is 11.1 Å². The van der Waals surface area contributed by atoms with Crippen LogP contribution in [-0.4, -0.2) is 81.5 Å². The minimum absolute atomic E-state index is 0.0311. The Bertz CT molecular complexity index is 1670.